The zero-order valence-corrected chi connectivity index (χ0v) is 20.1. The van der Waals surface area contributed by atoms with Crippen molar-refractivity contribution in [2.75, 3.05) is 19.7 Å². The normalized spacial score (nSPS) is 15.6. The molecular formula is C23H27F2IN2O3. The van der Waals surface area contributed by atoms with Gasteiger partial charge in [0.1, 0.15) is 9.80 Å². The lowest BCUT2D eigenvalue weighted by Gasteiger charge is -2.32. The number of ether oxygens (including phenoxy) is 2. The van der Waals surface area contributed by atoms with Gasteiger partial charge in [0.2, 0.25) is 0 Å². The number of benzene rings is 1. The van der Waals surface area contributed by atoms with Crippen LogP contribution in [-0.2, 0) is 4.74 Å². The van der Waals surface area contributed by atoms with Gasteiger partial charge in [-0.3, -0.25) is 0 Å². The number of aromatic nitrogens is 1. The number of pyridine rings is 1. The molecule has 1 atom stereocenters. The van der Waals surface area contributed by atoms with Crippen molar-refractivity contribution in [3.63, 3.8) is 0 Å². The maximum atomic E-state index is 14.6. The number of rotatable bonds is 6. The minimum absolute atomic E-state index is 0.110. The van der Waals surface area contributed by atoms with Crippen LogP contribution in [0, 0.1) is 28.2 Å². The Bertz CT molecular complexity index is 910. The Kier molecular flexibility index (Phi) is 8.07. The molecule has 168 valence electrons. The number of carbonyl (C=O) groups excluding carboxylic acids is 1. The first-order valence-corrected chi connectivity index (χ1v) is 11.6. The Morgan fingerprint density at radius 2 is 1.90 bits per heavy atom. The Balaban J connectivity index is 1.58. The molecule has 2 heterocycles. The van der Waals surface area contributed by atoms with Crippen LogP contribution in [0.25, 0.3) is 11.1 Å². The van der Waals surface area contributed by atoms with Crippen molar-refractivity contribution in [1.82, 2.24) is 9.88 Å². The maximum absolute atomic E-state index is 14.6. The quantitative estimate of drug-likeness (QED) is 0.333. The molecule has 1 aliphatic rings. The number of hydrogen-bond acceptors (Lipinski definition) is 4. The minimum Gasteiger partial charge on any atom is -0.487 e. The van der Waals surface area contributed by atoms with Crippen molar-refractivity contribution < 1.29 is 23.0 Å². The van der Waals surface area contributed by atoms with Gasteiger partial charge in [-0.15, -0.1) is 0 Å². The minimum atomic E-state index is -0.734. The fraction of sp³-hybridized carbons (Fsp3) is 0.478. The summed E-state index contributed by atoms with van der Waals surface area (Å²) in [7, 11) is 0. The SMILES string of the molecule is CCC(C)OC(=O)N1CCC(COc2c(F)cc(-c3ccc(I)nc3C)cc2F)CC1. The van der Waals surface area contributed by atoms with Gasteiger partial charge in [-0.05, 0) is 91.4 Å². The maximum Gasteiger partial charge on any atom is 0.410 e. The number of piperidine rings is 1. The van der Waals surface area contributed by atoms with E-state index in [4.69, 9.17) is 9.47 Å². The summed E-state index contributed by atoms with van der Waals surface area (Å²) in [5.74, 6) is -1.71. The highest BCUT2D eigenvalue weighted by molar-refractivity contribution is 14.1. The third kappa shape index (κ3) is 6.05. The number of aryl methyl sites for hydroxylation is 1. The van der Waals surface area contributed by atoms with Crippen LogP contribution in [0.4, 0.5) is 13.6 Å². The molecule has 31 heavy (non-hydrogen) atoms. The largest absolute Gasteiger partial charge is 0.487 e. The van der Waals surface area contributed by atoms with Crippen LogP contribution in [0.1, 0.15) is 38.8 Å². The van der Waals surface area contributed by atoms with Crippen LogP contribution < -0.4 is 4.74 Å². The van der Waals surface area contributed by atoms with Crippen molar-refractivity contribution >= 4 is 28.7 Å². The molecule has 1 aliphatic heterocycles. The molecule has 0 radical (unpaired) electrons. The van der Waals surface area contributed by atoms with E-state index in [9.17, 15) is 13.6 Å². The summed E-state index contributed by atoms with van der Waals surface area (Å²) < 4.78 is 40.9. The van der Waals surface area contributed by atoms with E-state index in [2.05, 4.69) is 27.6 Å². The van der Waals surface area contributed by atoms with E-state index in [1.54, 1.807) is 17.0 Å². The van der Waals surface area contributed by atoms with Gasteiger partial charge in [0, 0.05) is 24.3 Å². The molecule has 1 amide bonds. The van der Waals surface area contributed by atoms with E-state index in [1.807, 2.05) is 20.8 Å². The van der Waals surface area contributed by atoms with Crippen LogP contribution in [0.2, 0.25) is 0 Å². The highest BCUT2D eigenvalue weighted by atomic mass is 127. The Morgan fingerprint density at radius 3 is 2.48 bits per heavy atom. The van der Waals surface area contributed by atoms with E-state index in [0.29, 0.717) is 42.8 Å². The van der Waals surface area contributed by atoms with Crippen LogP contribution in [-0.4, -0.2) is 41.8 Å². The van der Waals surface area contributed by atoms with E-state index >= 15 is 0 Å². The van der Waals surface area contributed by atoms with E-state index in [-0.39, 0.29) is 30.5 Å². The van der Waals surface area contributed by atoms with Gasteiger partial charge >= 0.3 is 6.09 Å². The summed E-state index contributed by atoms with van der Waals surface area (Å²) in [6.07, 6.45) is 1.75. The van der Waals surface area contributed by atoms with Crippen molar-refractivity contribution in [1.29, 1.82) is 0 Å². The van der Waals surface area contributed by atoms with Crippen LogP contribution >= 0.6 is 22.6 Å². The summed E-state index contributed by atoms with van der Waals surface area (Å²) in [6.45, 7) is 6.93. The van der Waals surface area contributed by atoms with Crippen LogP contribution in [0.15, 0.2) is 24.3 Å². The molecule has 0 bridgehead atoms. The molecule has 8 heteroatoms. The number of hydrogen-bond donors (Lipinski definition) is 0. The fourth-order valence-corrected chi connectivity index (χ4v) is 4.04. The highest BCUT2D eigenvalue weighted by Gasteiger charge is 2.26. The molecule has 1 fully saturated rings. The zero-order chi connectivity index (χ0) is 22.5. The average molecular weight is 544 g/mol. The molecule has 5 nitrogen and oxygen atoms in total. The molecule has 0 spiro atoms. The molecule has 1 saturated heterocycles. The molecule has 0 N–H and O–H groups in total. The average Bonchev–Trinajstić information content (AvgIpc) is 2.73. The van der Waals surface area contributed by atoms with E-state index in [0.717, 1.165) is 10.1 Å². The van der Waals surface area contributed by atoms with E-state index in [1.165, 1.54) is 12.1 Å². The number of amides is 1. The molecule has 3 rings (SSSR count). The smallest absolute Gasteiger partial charge is 0.410 e. The second-order valence-corrected chi connectivity index (χ2v) is 8.99. The van der Waals surface area contributed by atoms with Gasteiger partial charge < -0.3 is 14.4 Å². The lowest BCUT2D eigenvalue weighted by Crippen LogP contribution is -2.41. The first-order chi connectivity index (χ1) is 14.8. The third-order valence-electron chi connectivity index (χ3n) is 5.57. The van der Waals surface area contributed by atoms with E-state index < -0.39 is 11.6 Å². The van der Waals surface area contributed by atoms with Crippen LogP contribution in [0.3, 0.4) is 0 Å². The van der Waals surface area contributed by atoms with Gasteiger partial charge in [0.05, 0.1) is 6.61 Å². The molecular weight excluding hydrogens is 517 g/mol. The summed E-state index contributed by atoms with van der Waals surface area (Å²) in [5.41, 5.74) is 1.82. The lowest BCUT2D eigenvalue weighted by atomic mass is 9.98. The van der Waals surface area contributed by atoms with Crippen molar-refractivity contribution in [3.8, 4) is 16.9 Å². The van der Waals surface area contributed by atoms with Gasteiger partial charge in [-0.1, -0.05) is 6.92 Å². The molecule has 0 saturated carbocycles. The number of likely N-dealkylation sites (tertiary alicyclic amines) is 1. The second-order valence-electron chi connectivity index (χ2n) is 7.88. The highest BCUT2D eigenvalue weighted by Crippen LogP contribution is 2.31. The predicted octanol–water partition coefficient (Wildman–Crippen LogP) is 5.97. The summed E-state index contributed by atoms with van der Waals surface area (Å²) in [4.78, 5) is 18.1. The summed E-state index contributed by atoms with van der Waals surface area (Å²) in [5, 5.41) is 0. The summed E-state index contributed by atoms with van der Waals surface area (Å²) >= 11 is 2.10. The first kappa shape index (κ1) is 23.7. The number of carbonyl (C=O) groups is 1. The topological polar surface area (TPSA) is 51.7 Å². The molecule has 1 unspecified atom stereocenters. The Morgan fingerprint density at radius 1 is 1.26 bits per heavy atom. The number of halogens is 3. The Hall–Kier alpha value is -1.97. The Labute approximate surface area is 195 Å². The molecule has 1 aromatic heterocycles. The first-order valence-electron chi connectivity index (χ1n) is 10.5. The molecule has 0 aliphatic carbocycles. The fourth-order valence-electron chi connectivity index (χ4n) is 3.50. The third-order valence-corrected chi connectivity index (χ3v) is 6.17. The number of nitrogens with zero attached hydrogens (tertiary/aromatic N) is 2. The van der Waals surface area contributed by atoms with Gasteiger partial charge in [0.25, 0.3) is 0 Å². The standard InChI is InChI=1S/C23H27F2IN2O3/c1-4-14(2)31-23(29)28-9-7-16(8-10-28)13-30-22-19(24)11-17(12-20(22)25)18-5-6-21(26)27-15(18)3/h5-6,11-12,14,16H,4,7-10,13H2,1-3H3. The monoisotopic (exact) mass is 544 g/mol. The van der Waals surface area contributed by atoms with Crippen molar-refractivity contribution in [2.45, 2.75) is 46.1 Å². The second kappa shape index (κ2) is 10.6. The van der Waals surface area contributed by atoms with Crippen molar-refractivity contribution in [2.24, 2.45) is 5.92 Å². The van der Waals surface area contributed by atoms with Gasteiger partial charge in [0.15, 0.2) is 17.4 Å². The van der Waals surface area contributed by atoms with Crippen LogP contribution in [0.5, 0.6) is 5.75 Å². The molecule has 1 aromatic carbocycles. The van der Waals surface area contributed by atoms with Crippen molar-refractivity contribution in [3.05, 3.63) is 45.3 Å². The predicted molar refractivity (Wildman–Crippen MR) is 123 cm³/mol. The van der Waals surface area contributed by atoms with Gasteiger partial charge in [-0.25, -0.2) is 18.6 Å². The van der Waals surface area contributed by atoms with Gasteiger partial charge in [-0.2, -0.15) is 0 Å². The lowest BCUT2D eigenvalue weighted by molar-refractivity contribution is 0.0537. The molecule has 2 aromatic rings. The zero-order valence-electron chi connectivity index (χ0n) is 18.0. The summed E-state index contributed by atoms with van der Waals surface area (Å²) in [6, 6.07) is 6.17.